The van der Waals surface area contributed by atoms with E-state index in [1.54, 1.807) is 43.3 Å². The Balaban J connectivity index is 1.70. The summed E-state index contributed by atoms with van der Waals surface area (Å²) >= 11 is 11.8. The summed E-state index contributed by atoms with van der Waals surface area (Å²) in [5, 5.41) is 6.97. The lowest BCUT2D eigenvalue weighted by molar-refractivity contribution is -0.136. The number of hydrogen-bond donors (Lipinski definition) is 2. The molecule has 0 saturated carbocycles. The number of hydrazone groups is 1. The highest BCUT2D eigenvalue weighted by molar-refractivity contribution is 6.40. The Morgan fingerprint density at radius 2 is 1.45 bits per heavy atom. The topological polar surface area (TPSA) is 96.9 Å². The van der Waals surface area contributed by atoms with Crippen molar-refractivity contribution in [3.05, 3.63) is 93.5 Å². The number of esters is 1. The summed E-state index contributed by atoms with van der Waals surface area (Å²) in [5.41, 5.74) is 4.47. The first kappa shape index (κ1) is 24.0. The lowest BCUT2D eigenvalue weighted by Crippen LogP contribution is -2.33. The van der Waals surface area contributed by atoms with Crippen molar-refractivity contribution < 1.29 is 19.1 Å². The van der Waals surface area contributed by atoms with Gasteiger partial charge in [-0.25, -0.2) is 10.2 Å². The number of aryl methyl sites for hydroxylation is 1. The molecule has 3 aromatic rings. The van der Waals surface area contributed by atoms with E-state index in [2.05, 4.69) is 15.8 Å². The highest BCUT2D eigenvalue weighted by Crippen LogP contribution is 2.23. The molecule has 0 aliphatic carbocycles. The van der Waals surface area contributed by atoms with E-state index in [9.17, 15) is 14.4 Å². The van der Waals surface area contributed by atoms with Crippen LogP contribution in [-0.2, 0) is 9.59 Å². The van der Waals surface area contributed by atoms with E-state index in [1.165, 1.54) is 18.2 Å². The van der Waals surface area contributed by atoms with Crippen LogP contribution in [0.3, 0.4) is 0 Å². The Kier molecular flexibility index (Phi) is 7.82. The molecule has 7 nitrogen and oxygen atoms in total. The van der Waals surface area contributed by atoms with E-state index in [-0.39, 0.29) is 11.4 Å². The predicted molar refractivity (Wildman–Crippen MR) is 128 cm³/mol. The second kappa shape index (κ2) is 10.8. The van der Waals surface area contributed by atoms with Crippen LogP contribution in [-0.4, -0.2) is 23.5 Å². The van der Waals surface area contributed by atoms with E-state index in [4.69, 9.17) is 27.9 Å². The summed E-state index contributed by atoms with van der Waals surface area (Å²) in [6, 6.07) is 18.2. The van der Waals surface area contributed by atoms with Crippen LogP contribution in [0.1, 0.15) is 28.4 Å². The molecule has 9 heteroatoms. The molecule has 3 rings (SSSR count). The number of carbonyl (C=O) groups is 3. The maximum Gasteiger partial charge on any atom is 0.343 e. The molecule has 0 saturated heterocycles. The van der Waals surface area contributed by atoms with E-state index >= 15 is 0 Å². The van der Waals surface area contributed by atoms with Crippen molar-refractivity contribution in [2.45, 2.75) is 13.8 Å². The number of halogens is 2. The Labute approximate surface area is 200 Å². The molecule has 2 amide bonds. The number of rotatable bonds is 5. The zero-order chi connectivity index (χ0) is 24.0. The SMILES string of the molecule is C/C(=N\NC(=O)C(=O)Nc1cc(Cl)cc(Cl)c1)c1ccccc1OC(=O)c1ccccc1C. The Morgan fingerprint density at radius 3 is 2.12 bits per heavy atom. The molecule has 3 aromatic carbocycles. The number of benzene rings is 3. The quantitative estimate of drug-likeness (QED) is 0.175. The van der Waals surface area contributed by atoms with Gasteiger partial charge in [0.2, 0.25) is 0 Å². The number of nitrogens with zero attached hydrogens (tertiary/aromatic N) is 1. The number of anilines is 1. The van der Waals surface area contributed by atoms with Gasteiger partial charge in [0.15, 0.2) is 0 Å². The maximum atomic E-state index is 12.6. The van der Waals surface area contributed by atoms with Gasteiger partial charge < -0.3 is 10.1 Å². The van der Waals surface area contributed by atoms with Crippen LogP contribution in [0.2, 0.25) is 10.0 Å². The fourth-order valence-corrected chi connectivity index (χ4v) is 3.40. The number of amides is 2. The van der Waals surface area contributed by atoms with Crippen molar-refractivity contribution in [2.24, 2.45) is 5.10 Å². The molecule has 0 heterocycles. The zero-order valence-electron chi connectivity index (χ0n) is 17.7. The second-order valence-electron chi connectivity index (χ2n) is 6.95. The first-order chi connectivity index (χ1) is 15.7. The number of carbonyl (C=O) groups excluding carboxylic acids is 3. The van der Waals surface area contributed by atoms with Gasteiger partial charge in [0.25, 0.3) is 0 Å². The van der Waals surface area contributed by atoms with Crippen molar-refractivity contribution in [2.75, 3.05) is 5.32 Å². The first-order valence-corrected chi connectivity index (χ1v) is 10.5. The number of hydrogen-bond acceptors (Lipinski definition) is 5. The standard InChI is InChI=1S/C24H19Cl2N3O4/c1-14-7-3-4-8-19(14)24(32)33-21-10-6-5-9-20(21)15(2)28-29-23(31)22(30)27-18-12-16(25)11-17(26)13-18/h3-13H,1-2H3,(H,27,30)(H,29,31)/b28-15+. The molecule has 0 bridgehead atoms. The number of nitrogens with one attached hydrogen (secondary N) is 2. The molecule has 0 aliphatic heterocycles. The fourth-order valence-electron chi connectivity index (χ4n) is 2.87. The largest absolute Gasteiger partial charge is 0.422 e. The van der Waals surface area contributed by atoms with E-state index < -0.39 is 17.8 Å². The predicted octanol–water partition coefficient (Wildman–Crippen LogP) is 5.00. The molecule has 0 fully saturated rings. The van der Waals surface area contributed by atoms with Gasteiger partial charge in [0, 0.05) is 21.3 Å². The van der Waals surface area contributed by atoms with E-state index in [0.717, 1.165) is 5.56 Å². The molecule has 0 unspecified atom stereocenters. The van der Waals surface area contributed by atoms with Gasteiger partial charge >= 0.3 is 17.8 Å². The third kappa shape index (κ3) is 6.41. The Bertz CT molecular complexity index is 1240. The Morgan fingerprint density at radius 1 is 0.848 bits per heavy atom. The average molecular weight is 484 g/mol. The van der Waals surface area contributed by atoms with Gasteiger partial charge in [-0.2, -0.15) is 5.10 Å². The van der Waals surface area contributed by atoms with Crippen molar-refractivity contribution in [1.29, 1.82) is 0 Å². The van der Waals surface area contributed by atoms with Crippen LogP contribution in [0.25, 0.3) is 0 Å². The third-order valence-corrected chi connectivity index (χ3v) is 4.93. The van der Waals surface area contributed by atoms with Gasteiger partial charge in [-0.15, -0.1) is 0 Å². The molecular formula is C24H19Cl2N3O4. The van der Waals surface area contributed by atoms with Gasteiger partial charge in [0.05, 0.1) is 11.3 Å². The minimum absolute atomic E-state index is 0.263. The van der Waals surface area contributed by atoms with E-state index in [0.29, 0.717) is 26.9 Å². The number of para-hydroxylation sites is 1. The molecule has 168 valence electrons. The summed E-state index contributed by atoms with van der Waals surface area (Å²) in [7, 11) is 0. The van der Waals surface area contributed by atoms with Crippen LogP contribution in [0.5, 0.6) is 5.75 Å². The summed E-state index contributed by atoms with van der Waals surface area (Å²) in [6.45, 7) is 3.42. The zero-order valence-corrected chi connectivity index (χ0v) is 19.2. The van der Waals surface area contributed by atoms with Crippen molar-refractivity contribution in [3.63, 3.8) is 0 Å². The van der Waals surface area contributed by atoms with Gasteiger partial charge in [-0.1, -0.05) is 53.5 Å². The summed E-state index contributed by atoms with van der Waals surface area (Å²) in [5.74, 6) is -2.21. The van der Waals surface area contributed by atoms with Crippen LogP contribution in [0, 0.1) is 6.92 Å². The highest BCUT2D eigenvalue weighted by atomic mass is 35.5. The van der Waals surface area contributed by atoms with Gasteiger partial charge in [-0.05, 0) is 55.8 Å². The minimum Gasteiger partial charge on any atom is -0.422 e. The lowest BCUT2D eigenvalue weighted by Gasteiger charge is -2.11. The maximum absolute atomic E-state index is 12.6. The number of ether oxygens (including phenoxy) is 1. The van der Waals surface area contributed by atoms with Gasteiger partial charge in [-0.3, -0.25) is 9.59 Å². The lowest BCUT2D eigenvalue weighted by atomic mass is 10.1. The van der Waals surface area contributed by atoms with Crippen molar-refractivity contribution in [1.82, 2.24) is 5.43 Å². The van der Waals surface area contributed by atoms with Crippen LogP contribution < -0.4 is 15.5 Å². The molecule has 0 spiro atoms. The smallest absolute Gasteiger partial charge is 0.343 e. The molecule has 2 N–H and O–H groups in total. The molecular weight excluding hydrogens is 465 g/mol. The summed E-state index contributed by atoms with van der Waals surface area (Å²) in [4.78, 5) is 36.9. The highest BCUT2D eigenvalue weighted by Gasteiger charge is 2.17. The van der Waals surface area contributed by atoms with E-state index in [1.807, 2.05) is 19.1 Å². The first-order valence-electron chi connectivity index (χ1n) is 9.73. The monoisotopic (exact) mass is 483 g/mol. The molecule has 0 aliphatic rings. The Hall–Kier alpha value is -3.68. The molecule has 33 heavy (non-hydrogen) atoms. The van der Waals surface area contributed by atoms with Crippen molar-refractivity contribution >= 4 is 52.4 Å². The van der Waals surface area contributed by atoms with Crippen LogP contribution >= 0.6 is 23.2 Å². The second-order valence-corrected chi connectivity index (χ2v) is 7.82. The van der Waals surface area contributed by atoms with Crippen LogP contribution in [0.15, 0.2) is 71.8 Å². The average Bonchev–Trinajstić information content (AvgIpc) is 2.77. The van der Waals surface area contributed by atoms with Gasteiger partial charge in [0.1, 0.15) is 5.75 Å². The fraction of sp³-hybridized carbons (Fsp3) is 0.0833. The normalized spacial score (nSPS) is 11.0. The van der Waals surface area contributed by atoms with Crippen LogP contribution in [0.4, 0.5) is 5.69 Å². The minimum atomic E-state index is -1.00. The third-order valence-electron chi connectivity index (χ3n) is 4.50. The molecule has 0 atom stereocenters. The summed E-state index contributed by atoms with van der Waals surface area (Å²) < 4.78 is 5.55. The summed E-state index contributed by atoms with van der Waals surface area (Å²) in [6.07, 6.45) is 0. The molecule has 0 radical (unpaired) electrons. The van der Waals surface area contributed by atoms with Crippen molar-refractivity contribution in [3.8, 4) is 5.75 Å². The molecule has 0 aromatic heterocycles.